The average molecular weight is 305 g/mol. The molecule has 0 amide bonds. The number of nitrogens with one attached hydrogen (secondary N) is 1. The molecule has 0 bridgehead atoms. The fourth-order valence-electron chi connectivity index (χ4n) is 2.20. The number of methoxy groups -OCH3 is 1. The summed E-state index contributed by atoms with van der Waals surface area (Å²) >= 11 is 6.30. The highest BCUT2D eigenvalue weighted by Gasteiger charge is 2.08. The molecule has 0 heterocycles. The Morgan fingerprint density at radius 1 is 1.14 bits per heavy atom. The van der Waals surface area contributed by atoms with Gasteiger partial charge in [0.1, 0.15) is 5.75 Å². The predicted octanol–water partition coefficient (Wildman–Crippen LogP) is 4.59. The molecular weight excluding hydrogens is 284 g/mol. The molecule has 2 aromatic rings. The maximum atomic E-state index is 6.30. The van der Waals surface area contributed by atoms with E-state index in [4.69, 9.17) is 16.3 Å². The molecular formula is C17H21ClN2O. The maximum Gasteiger partial charge on any atom is 0.119 e. The molecule has 0 saturated carbocycles. The fourth-order valence-corrected chi connectivity index (χ4v) is 2.55. The first-order valence-electron chi connectivity index (χ1n) is 6.88. The van der Waals surface area contributed by atoms with Crippen LogP contribution in [0.5, 0.6) is 5.75 Å². The van der Waals surface area contributed by atoms with E-state index in [9.17, 15) is 0 Å². The SMILES string of the molecule is COc1cccc(C(C)Nc2ccc(N(C)C)c(Cl)c2)c1. The Bertz CT molecular complexity index is 613. The van der Waals surface area contributed by atoms with Gasteiger partial charge in [0, 0.05) is 25.8 Å². The molecule has 0 saturated heterocycles. The average Bonchev–Trinajstić information content (AvgIpc) is 2.47. The maximum absolute atomic E-state index is 6.30. The molecule has 3 nitrogen and oxygen atoms in total. The molecule has 1 unspecified atom stereocenters. The van der Waals surface area contributed by atoms with Crippen LogP contribution in [0.4, 0.5) is 11.4 Å². The van der Waals surface area contributed by atoms with Gasteiger partial charge in [-0.15, -0.1) is 0 Å². The molecule has 112 valence electrons. The smallest absolute Gasteiger partial charge is 0.119 e. The van der Waals surface area contributed by atoms with Gasteiger partial charge in [0.2, 0.25) is 0 Å². The normalized spacial score (nSPS) is 11.9. The van der Waals surface area contributed by atoms with Crippen LogP contribution in [0.1, 0.15) is 18.5 Å². The fraction of sp³-hybridized carbons (Fsp3) is 0.294. The van der Waals surface area contributed by atoms with Crippen LogP contribution in [-0.4, -0.2) is 21.2 Å². The van der Waals surface area contributed by atoms with Gasteiger partial charge in [0.05, 0.1) is 17.8 Å². The van der Waals surface area contributed by atoms with E-state index in [2.05, 4.69) is 18.3 Å². The van der Waals surface area contributed by atoms with Crippen molar-refractivity contribution in [1.82, 2.24) is 0 Å². The largest absolute Gasteiger partial charge is 0.497 e. The Morgan fingerprint density at radius 2 is 1.90 bits per heavy atom. The van der Waals surface area contributed by atoms with Crippen molar-refractivity contribution in [3.63, 3.8) is 0 Å². The monoisotopic (exact) mass is 304 g/mol. The summed E-state index contributed by atoms with van der Waals surface area (Å²) in [5.74, 6) is 0.863. The quantitative estimate of drug-likeness (QED) is 0.874. The standard InChI is InChI=1S/C17H21ClN2O/c1-12(13-6-5-7-15(10-13)21-4)19-14-8-9-17(20(2)3)16(18)11-14/h5-12,19H,1-4H3. The van der Waals surface area contributed by atoms with Gasteiger partial charge in [-0.2, -0.15) is 0 Å². The van der Waals surface area contributed by atoms with Crippen molar-refractivity contribution < 1.29 is 4.74 Å². The highest BCUT2D eigenvalue weighted by molar-refractivity contribution is 6.33. The van der Waals surface area contributed by atoms with Crippen molar-refractivity contribution in [2.75, 3.05) is 31.4 Å². The zero-order valence-corrected chi connectivity index (χ0v) is 13.6. The van der Waals surface area contributed by atoms with Gasteiger partial charge in [-0.25, -0.2) is 0 Å². The van der Waals surface area contributed by atoms with Crippen LogP contribution in [0.3, 0.4) is 0 Å². The summed E-state index contributed by atoms with van der Waals surface area (Å²) in [4.78, 5) is 2.00. The molecule has 2 rings (SSSR count). The van der Waals surface area contributed by atoms with E-state index in [0.717, 1.165) is 22.1 Å². The van der Waals surface area contributed by atoms with Gasteiger partial charge in [-0.3, -0.25) is 0 Å². The molecule has 1 N–H and O–H groups in total. The molecule has 0 spiro atoms. The van der Waals surface area contributed by atoms with Crippen LogP contribution in [-0.2, 0) is 0 Å². The van der Waals surface area contributed by atoms with Crippen LogP contribution in [0.2, 0.25) is 5.02 Å². The Kier molecular flexibility index (Phi) is 4.97. The molecule has 1 atom stereocenters. The molecule has 0 fully saturated rings. The van der Waals surface area contributed by atoms with Crippen LogP contribution in [0, 0.1) is 0 Å². The molecule has 4 heteroatoms. The molecule has 2 aromatic carbocycles. The van der Waals surface area contributed by atoms with Gasteiger partial charge < -0.3 is 15.0 Å². The first kappa shape index (κ1) is 15.5. The van der Waals surface area contributed by atoms with Crippen LogP contribution >= 0.6 is 11.6 Å². The van der Waals surface area contributed by atoms with Crippen LogP contribution in [0.15, 0.2) is 42.5 Å². The van der Waals surface area contributed by atoms with Crippen molar-refractivity contribution in [3.05, 3.63) is 53.1 Å². The number of rotatable bonds is 5. The third-order valence-electron chi connectivity index (χ3n) is 3.41. The molecule has 0 aliphatic heterocycles. The summed E-state index contributed by atoms with van der Waals surface area (Å²) < 4.78 is 5.26. The van der Waals surface area contributed by atoms with Crippen LogP contribution in [0.25, 0.3) is 0 Å². The zero-order chi connectivity index (χ0) is 15.4. The van der Waals surface area contributed by atoms with Gasteiger partial charge >= 0.3 is 0 Å². The van der Waals surface area contributed by atoms with E-state index in [1.54, 1.807) is 7.11 Å². The second-order valence-corrected chi connectivity index (χ2v) is 5.61. The zero-order valence-electron chi connectivity index (χ0n) is 12.9. The highest BCUT2D eigenvalue weighted by Crippen LogP contribution is 2.29. The van der Waals surface area contributed by atoms with E-state index < -0.39 is 0 Å². The third kappa shape index (κ3) is 3.82. The minimum Gasteiger partial charge on any atom is -0.497 e. The van der Waals surface area contributed by atoms with Gasteiger partial charge in [0.25, 0.3) is 0 Å². The van der Waals surface area contributed by atoms with E-state index >= 15 is 0 Å². The van der Waals surface area contributed by atoms with Crippen molar-refractivity contribution in [1.29, 1.82) is 0 Å². The number of halogens is 1. The summed E-state index contributed by atoms with van der Waals surface area (Å²) in [6, 6.07) is 14.2. The van der Waals surface area contributed by atoms with Crippen molar-refractivity contribution in [2.24, 2.45) is 0 Å². The van der Waals surface area contributed by atoms with Crippen molar-refractivity contribution >= 4 is 23.0 Å². The number of nitrogens with zero attached hydrogens (tertiary/aromatic N) is 1. The molecule has 0 aliphatic rings. The van der Waals surface area contributed by atoms with E-state index in [-0.39, 0.29) is 6.04 Å². The summed E-state index contributed by atoms with van der Waals surface area (Å²) in [6.45, 7) is 2.11. The first-order chi connectivity index (χ1) is 10.0. The topological polar surface area (TPSA) is 24.5 Å². The van der Waals surface area contributed by atoms with Gasteiger partial charge in [-0.05, 0) is 42.8 Å². The van der Waals surface area contributed by atoms with Crippen molar-refractivity contribution in [2.45, 2.75) is 13.0 Å². The molecule has 0 aliphatic carbocycles. The Hall–Kier alpha value is -1.87. The third-order valence-corrected chi connectivity index (χ3v) is 3.71. The van der Waals surface area contributed by atoms with Gasteiger partial charge in [0.15, 0.2) is 0 Å². The molecule has 0 aromatic heterocycles. The summed E-state index contributed by atoms with van der Waals surface area (Å²) in [5, 5.41) is 4.20. The second kappa shape index (κ2) is 6.72. The lowest BCUT2D eigenvalue weighted by Crippen LogP contribution is -2.10. The minimum atomic E-state index is 0.168. The Morgan fingerprint density at radius 3 is 2.52 bits per heavy atom. The molecule has 0 radical (unpaired) electrons. The van der Waals surface area contributed by atoms with E-state index in [1.165, 1.54) is 5.56 Å². The predicted molar refractivity (Wildman–Crippen MR) is 90.8 cm³/mol. The number of anilines is 2. The minimum absolute atomic E-state index is 0.168. The number of hydrogen-bond acceptors (Lipinski definition) is 3. The second-order valence-electron chi connectivity index (χ2n) is 5.20. The molecule has 21 heavy (non-hydrogen) atoms. The Balaban J connectivity index is 2.15. The summed E-state index contributed by atoms with van der Waals surface area (Å²) in [5.41, 5.74) is 3.18. The number of hydrogen-bond donors (Lipinski definition) is 1. The summed E-state index contributed by atoms with van der Waals surface area (Å²) in [7, 11) is 5.64. The van der Waals surface area contributed by atoms with Crippen LogP contribution < -0.4 is 15.0 Å². The summed E-state index contributed by atoms with van der Waals surface area (Å²) in [6.07, 6.45) is 0. The van der Waals surface area contributed by atoms with Crippen molar-refractivity contribution in [3.8, 4) is 5.75 Å². The Labute approximate surface area is 131 Å². The number of benzene rings is 2. The van der Waals surface area contributed by atoms with E-state index in [0.29, 0.717) is 0 Å². The first-order valence-corrected chi connectivity index (χ1v) is 7.26. The lowest BCUT2D eigenvalue weighted by atomic mass is 10.1. The van der Waals surface area contributed by atoms with Gasteiger partial charge in [-0.1, -0.05) is 23.7 Å². The lowest BCUT2D eigenvalue weighted by molar-refractivity contribution is 0.414. The van der Waals surface area contributed by atoms with E-state index in [1.807, 2.05) is 55.4 Å². The number of ether oxygens (including phenoxy) is 1. The lowest BCUT2D eigenvalue weighted by Gasteiger charge is -2.19. The highest BCUT2D eigenvalue weighted by atomic mass is 35.5.